The fourth-order valence-electron chi connectivity index (χ4n) is 3.86. The molecule has 1 heterocycles. The number of carbonyl (C=O) groups excluding carboxylic acids is 2. The van der Waals surface area contributed by atoms with Gasteiger partial charge < -0.3 is 10.2 Å². The molecule has 1 saturated carbocycles. The van der Waals surface area contributed by atoms with E-state index in [0.717, 1.165) is 25.7 Å². The molecular formula is C16H28N2O2. The minimum absolute atomic E-state index is 0.0599. The molecule has 0 aromatic rings. The number of carbonyl (C=O) groups is 2. The van der Waals surface area contributed by atoms with Gasteiger partial charge in [0, 0.05) is 6.54 Å². The van der Waals surface area contributed by atoms with Gasteiger partial charge in [-0.2, -0.15) is 0 Å². The summed E-state index contributed by atoms with van der Waals surface area (Å²) in [6, 6.07) is 0. The average Bonchev–Trinajstić information content (AvgIpc) is 2.86. The SMILES string of the molecule is CCC1(CC)C(=O)NC2(CCCC2)C(=O)N1CC(C)C. The zero-order chi connectivity index (χ0) is 15.0. The molecule has 2 rings (SSSR count). The van der Waals surface area contributed by atoms with Gasteiger partial charge in [-0.05, 0) is 31.6 Å². The first-order valence-electron chi connectivity index (χ1n) is 8.06. The Kier molecular flexibility index (Phi) is 4.12. The average molecular weight is 280 g/mol. The first kappa shape index (κ1) is 15.3. The summed E-state index contributed by atoms with van der Waals surface area (Å²) in [5.41, 5.74) is -1.24. The first-order valence-corrected chi connectivity index (χ1v) is 8.06. The van der Waals surface area contributed by atoms with Gasteiger partial charge in [0.05, 0.1) is 0 Å². The lowest BCUT2D eigenvalue weighted by Gasteiger charge is -2.52. The Hall–Kier alpha value is -1.06. The third kappa shape index (κ3) is 2.13. The maximum Gasteiger partial charge on any atom is 0.249 e. The quantitative estimate of drug-likeness (QED) is 0.860. The molecule has 0 atom stereocenters. The maximum absolute atomic E-state index is 13.1. The molecule has 0 radical (unpaired) electrons. The van der Waals surface area contributed by atoms with Gasteiger partial charge in [0.25, 0.3) is 0 Å². The molecule has 0 aromatic carbocycles. The van der Waals surface area contributed by atoms with Crippen molar-refractivity contribution in [3.05, 3.63) is 0 Å². The van der Waals surface area contributed by atoms with Crippen molar-refractivity contribution in [1.82, 2.24) is 10.2 Å². The summed E-state index contributed by atoms with van der Waals surface area (Å²) in [6.07, 6.45) is 5.04. The molecule has 1 aliphatic heterocycles. The van der Waals surface area contributed by atoms with Crippen LogP contribution in [-0.4, -0.2) is 34.3 Å². The van der Waals surface area contributed by atoms with E-state index in [1.165, 1.54) is 0 Å². The Balaban J connectivity index is 2.41. The van der Waals surface area contributed by atoms with Crippen LogP contribution in [0.25, 0.3) is 0 Å². The molecule has 0 unspecified atom stereocenters. The van der Waals surface area contributed by atoms with Crippen LogP contribution in [0.1, 0.15) is 66.2 Å². The van der Waals surface area contributed by atoms with Gasteiger partial charge in [0.2, 0.25) is 11.8 Å². The topological polar surface area (TPSA) is 49.4 Å². The van der Waals surface area contributed by atoms with Crippen LogP contribution in [0.2, 0.25) is 0 Å². The van der Waals surface area contributed by atoms with Crippen LogP contribution in [-0.2, 0) is 9.59 Å². The lowest BCUT2D eigenvalue weighted by molar-refractivity contribution is -0.164. The Morgan fingerprint density at radius 1 is 1.15 bits per heavy atom. The molecule has 2 amide bonds. The molecule has 0 aromatic heterocycles. The van der Waals surface area contributed by atoms with Crippen molar-refractivity contribution in [2.45, 2.75) is 77.3 Å². The summed E-state index contributed by atoms with van der Waals surface area (Å²) in [5, 5.41) is 3.11. The minimum Gasteiger partial charge on any atom is -0.340 e. The molecule has 1 aliphatic carbocycles. The van der Waals surface area contributed by atoms with Crippen LogP contribution >= 0.6 is 0 Å². The third-order valence-corrected chi connectivity index (χ3v) is 5.12. The summed E-state index contributed by atoms with van der Waals surface area (Å²) in [6.45, 7) is 8.91. The Labute approximate surface area is 122 Å². The number of piperazine rings is 1. The number of hydrogen-bond acceptors (Lipinski definition) is 2. The van der Waals surface area contributed by atoms with Crippen LogP contribution in [0.3, 0.4) is 0 Å². The minimum atomic E-state index is -0.644. The second-order valence-electron chi connectivity index (χ2n) is 6.79. The van der Waals surface area contributed by atoms with E-state index in [2.05, 4.69) is 19.2 Å². The van der Waals surface area contributed by atoms with Gasteiger partial charge in [0.1, 0.15) is 11.1 Å². The number of amides is 2. The molecule has 114 valence electrons. The van der Waals surface area contributed by atoms with Crippen molar-refractivity contribution in [3.63, 3.8) is 0 Å². The maximum atomic E-state index is 13.1. The Bertz CT molecular complexity index is 393. The zero-order valence-corrected chi connectivity index (χ0v) is 13.3. The second kappa shape index (κ2) is 5.38. The van der Waals surface area contributed by atoms with Crippen molar-refractivity contribution in [2.75, 3.05) is 6.54 Å². The molecule has 4 nitrogen and oxygen atoms in total. The summed E-state index contributed by atoms with van der Waals surface area (Å²) >= 11 is 0. The highest BCUT2D eigenvalue weighted by Crippen LogP contribution is 2.40. The molecule has 1 saturated heterocycles. The van der Waals surface area contributed by atoms with Crippen molar-refractivity contribution in [3.8, 4) is 0 Å². The van der Waals surface area contributed by atoms with Crippen molar-refractivity contribution < 1.29 is 9.59 Å². The van der Waals surface area contributed by atoms with Crippen molar-refractivity contribution in [2.24, 2.45) is 5.92 Å². The molecule has 0 bridgehead atoms. The van der Waals surface area contributed by atoms with E-state index < -0.39 is 11.1 Å². The predicted octanol–water partition coefficient (Wildman–Crippen LogP) is 2.47. The third-order valence-electron chi connectivity index (χ3n) is 5.12. The summed E-state index contributed by atoms with van der Waals surface area (Å²) in [5.74, 6) is 0.595. The Morgan fingerprint density at radius 3 is 2.15 bits per heavy atom. The number of rotatable bonds is 4. The van der Waals surface area contributed by atoms with Gasteiger partial charge in [-0.25, -0.2) is 0 Å². The number of nitrogens with one attached hydrogen (secondary N) is 1. The first-order chi connectivity index (χ1) is 9.42. The van der Waals surface area contributed by atoms with Crippen LogP contribution in [0.15, 0.2) is 0 Å². The van der Waals surface area contributed by atoms with Crippen molar-refractivity contribution in [1.29, 1.82) is 0 Å². The van der Waals surface area contributed by atoms with Crippen LogP contribution in [0.4, 0.5) is 0 Å². The molecule has 1 N–H and O–H groups in total. The zero-order valence-electron chi connectivity index (χ0n) is 13.3. The highest BCUT2D eigenvalue weighted by atomic mass is 16.2. The largest absolute Gasteiger partial charge is 0.340 e. The molecule has 2 aliphatic rings. The predicted molar refractivity (Wildman–Crippen MR) is 79.2 cm³/mol. The molecule has 20 heavy (non-hydrogen) atoms. The monoisotopic (exact) mass is 280 g/mol. The fourth-order valence-corrected chi connectivity index (χ4v) is 3.86. The molecule has 1 spiro atoms. The van der Waals surface area contributed by atoms with E-state index in [1.807, 2.05) is 18.7 Å². The number of hydrogen-bond donors (Lipinski definition) is 1. The standard InChI is InChI=1S/C16H28N2O2/c1-5-16(6-2)13(19)17-15(9-7-8-10-15)14(20)18(16)11-12(3)4/h12H,5-11H2,1-4H3,(H,17,19). The van der Waals surface area contributed by atoms with E-state index in [-0.39, 0.29) is 11.8 Å². The van der Waals surface area contributed by atoms with Gasteiger partial charge >= 0.3 is 0 Å². The highest BCUT2D eigenvalue weighted by molar-refractivity contribution is 6.02. The highest BCUT2D eigenvalue weighted by Gasteiger charge is 2.57. The molecule has 2 fully saturated rings. The van der Waals surface area contributed by atoms with Crippen molar-refractivity contribution >= 4 is 11.8 Å². The summed E-state index contributed by atoms with van der Waals surface area (Å²) in [4.78, 5) is 27.8. The lowest BCUT2D eigenvalue weighted by atomic mass is 9.80. The van der Waals surface area contributed by atoms with E-state index in [9.17, 15) is 9.59 Å². The lowest BCUT2D eigenvalue weighted by Crippen LogP contribution is -2.75. The molecular weight excluding hydrogens is 252 g/mol. The van der Waals surface area contributed by atoms with Gasteiger partial charge in [0.15, 0.2) is 0 Å². The van der Waals surface area contributed by atoms with Gasteiger partial charge in [-0.3, -0.25) is 9.59 Å². The van der Waals surface area contributed by atoms with Crippen LogP contribution in [0, 0.1) is 5.92 Å². The van der Waals surface area contributed by atoms with E-state index in [4.69, 9.17) is 0 Å². The molecule has 4 heteroatoms. The normalized spacial score (nSPS) is 24.6. The van der Waals surface area contributed by atoms with E-state index >= 15 is 0 Å². The summed E-state index contributed by atoms with van der Waals surface area (Å²) < 4.78 is 0. The summed E-state index contributed by atoms with van der Waals surface area (Å²) in [7, 11) is 0. The second-order valence-corrected chi connectivity index (χ2v) is 6.79. The van der Waals surface area contributed by atoms with Gasteiger partial charge in [-0.15, -0.1) is 0 Å². The number of nitrogens with zero attached hydrogens (tertiary/aromatic N) is 1. The Morgan fingerprint density at radius 2 is 1.70 bits per heavy atom. The van der Waals surface area contributed by atoms with Gasteiger partial charge in [-0.1, -0.05) is 40.5 Å². The van der Waals surface area contributed by atoms with E-state index in [0.29, 0.717) is 25.3 Å². The van der Waals surface area contributed by atoms with E-state index in [1.54, 1.807) is 0 Å². The van der Waals surface area contributed by atoms with Crippen LogP contribution < -0.4 is 5.32 Å². The van der Waals surface area contributed by atoms with Crippen LogP contribution in [0.5, 0.6) is 0 Å². The fraction of sp³-hybridized carbons (Fsp3) is 0.875. The smallest absolute Gasteiger partial charge is 0.249 e.